The highest BCUT2D eigenvalue weighted by atomic mass is 16.5. The molecule has 192 valence electrons. The summed E-state index contributed by atoms with van der Waals surface area (Å²) >= 11 is 0. The van der Waals surface area contributed by atoms with E-state index in [4.69, 9.17) is 18.9 Å². The van der Waals surface area contributed by atoms with E-state index >= 15 is 0 Å². The Morgan fingerprint density at radius 1 is 1.03 bits per heavy atom. The van der Waals surface area contributed by atoms with Crippen LogP contribution in [0.5, 0.6) is 17.2 Å². The summed E-state index contributed by atoms with van der Waals surface area (Å²) in [7, 11) is 4.64. The number of hydrogen-bond acceptors (Lipinski definition) is 7. The lowest BCUT2D eigenvalue weighted by molar-refractivity contribution is -0.907. The molecule has 4 rings (SSSR count). The SMILES string of the molecule is COc1ccc(C(O)=C2C(=O)C(=O)N(CC[NH+]3CCOCC3)C2c2cc(OC)ccc2OC)c(C)c1. The van der Waals surface area contributed by atoms with Crippen LogP contribution in [0.4, 0.5) is 0 Å². The normalized spacial score (nSPS) is 20.0. The van der Waals surface area contributed by atoms with Gasteiger partial charge in [-0.15, -0.1) is 0 Å². The second-order valence-corrected chi connectivity index (χ2v) is 8.89. The predicted octanol–water partition coefficient (Wildman–Crippen LogP) is 1.36. The Balaban J connectivity index is 1.84. The van der Waals surface area contributed by atoms with Gasteiger partial charge >= 0.3 is 0 Å². The van der Waals surface area contributed by atoms with Gasteiger partial charge in [0.15, 0.2) is 0 Å². The molecule has 0 aromatic heterocycles. The Labute approximate surface area is 210 Å². The molecule has 2 aromatic carbocycles. The maximum absolute atomic E-state index is 13.4. The number of likely N-dealkylation sites (tertiary alicyclic amines) is 1. The van der Waals surface area contributed by atoms with Crippen LogP contribution in [0.2, 0.25) is 0 Å². The van der Waals surface area contributed by atoms with Crippen molar-refractivity contribution < 1.29 is 38.5 Å². The van der Waals surface area contributed by atoms with Crippen molar-refractivity contribution in [2.75, 3.05) is 60.7 Å². The van der Waals surface area contributed by atoms with Gasteiger partial charge in [0.05, 0.1) is 59.2 Å². The van der Waals surface area contributed by atoms with Crippen LogP contribution in [-0.2, 0) is 14.3 Å². The lowest BCUT2D eigenvalue weighted by Gasteiger charge is -2.29. The maximum Gasteiger partial charge on any atom is 0.295 e. The van der Waals surface area contributed by atoms with Gasteiger partial charge in [0, 0.05) is 11.1 Å². The van der Waals surface area contributed by atoms with Crippen LogP contribution >= 0.6 is 0 Å². The van der Waals surface area contributed by atoms with Crippen molar-refractivity contribution in [3.8, 4) is 17.2 Å². The molecule has 9 nitrogen and oxygen atoms in total. The first kappa shape index (κ1) is 25.5. The fraction of sp³-hybridized carbons (Fsp3) is 0.407. The average molecular weight is 498 g/mol. The van der Waals surface area contributed by atoms with Gasteiger partial charge in [0.25, 0.3) is 11.7 Å². The summed E-state index contributed by atoms with van der Waals surface area (Å²) in [5.41, 5.74) is 1.77. The standard InChI is InChI=1S/C27H32N2O7/c1-17-15-18(33-2)5-7-20(17)25(30)23-24(21-16-19(34-3)6-8-22(21)35-4)29(27(32)26(23)31)10-9-28-11-13-36-14-12-28/h5-8,15-16,24,30H,9-14H2,1-4H3/p+1. The molecule has 1 unspecified atom stereocenters. The first-order chi connectivity index (χ1) is 17.4. The average Bonchev–Trinajstić information content (AvgIpc) is 3.16. The van der Waals surface area contributed by atoms with Gasteiger partial charge in [-0.25, -0.2) is 0 Å². The van der Waals surface area contributed by atoms with Crippen molar-refractivity contribution in [1.82, 2.24) is 4.90 Å². The number of aryl methyl sites for hydroxylation is 1. The van der Waals surface area contributed by atoms with E-state index in [0.717, 1.165) is 13.1 Å². The largest absolute Gasteiger partial charge is 0.507 e. The highest BCUT2D eigenvalue weighted by Gasteiger charge is 2.47. The van der Waals surface area contributed by atoms with Crippen molar-refractivity contribution >= 4 is 17.4 Å². The number of carbonyl (C=O) groups excluding carboxylic acids is 2. The Morgan fingerprint density at radius 2 is 1.69 bits per heavy atom. The molecule has 9 heteroatoms. The Morgan fingerprint density at radius 3 is 2.33 bits per heavy atom. The van der Waals surface area contributed by atoms with Gasteiger partial charge in [0.2, 0.25) is 0 Å². The first-order valence-electron chi connectivity index (χ1n) is 12.0. The number of nitrogens with one attached hydrogen (secondary N) is 1. The van der Waals surface area contributed by atoms with Crippen LogP contribution in [0.1, 0.15) is 22.7 Å². The number of aliphatic hydroxyl groups excluding tert-OH is 1. The molecule has 2 aliphatic rings. The first-order valence-corrected chi connectivity index (χ1v) is 12.0. The van der Waals surface area contributed by atoms with E-state index < -0.39 is 17.7 Å². The zero-order valence-corrected chi connectivity index (χ0v) is 21.1. The molecule has 0 radical (unpaired) electrons. The molecular weight excluding hydrogens is 464 g/mol. The second kappa shape index (κ2) is 11.0. The maximum atomic E-state index is 13.4. The zero-order chi connectivity index (χ0) is 25.8. The van der Waals surface area contributed by atoms with E-state index in [9.17, 15) is 14.7 Å². The van der Waals surface area contributed by atoms with Gasteiger partial charge < -0.3 is 33.9 Å². The number of amides is 1. The molecule has 2 aromatic rings. The summed E-state index contributed by atoms with van der Waals surface area (Å²) in [6.45, 7) is 5.81. The number of carbonyl (C=O) groups is 2. The number of nitrogens with zero attached hydrogens (tertiary/aromatic N) is 1. The summed E-state index contributed by atoms with van der Waals surface area (Å²) < 4.78 is 21.8. The van der Waals surface area contributed by atoms with Crippen LogP contribution in [-0.4, -0.2) is 82.4 Å². The van der Waals surface area contributed by atoms with Gasteiger partial charge in [-0.1, -0.05) is 0 Å². The monoisotopic (exact) mass is 497 g/mol. The summed E-state index contributed by atoms with van der Waals surface area (Å²) in [5, 5.41) is 11.5. The number of benzene rings is 2. The number of ether oxygens (including phenoxy) is 4. The van der Waals surface area contributed by atoms with E-state index in [2.05, 4.69) is 0 Å². The number of aliphatic hydroxyl groups is 1. The van der Waals surface area contributed by atoms with Crippen LogP contribution in [0.3, 0.4) is 0 Å². The molecule has 0 spiro atoms. The molecule has 2 N–H and O–H groups in total. The molecule has 1 amide bonds. The van der Waals surface area contributed by atoms with Crippen molar-refractivity contribution in [3.63, 3.8) is 0 Å². The van der Waals surface area contributed by atoms with Crippen LogP contribution in [0.15, 0.2) is 42.0 Å². The van der Waals surface area contributed by atoms with E-state index in [-0.39, 0.29) is 11.3 Å². The number of ketones is 1. The number of hydrogen-bond donors (Lipinski definition) is 2. The van der Waals surface area contributed by atoms with Gasteiger partial charge in [0.1, 0.15) is 36.1 Å². The van der Waals surface area contributed by atoms with E-state index in [1.165, 1.54) is 16.9 Å². The third kappa shape index (κ3) is 4.89. The fourth-order valence-corrected chi connectivity index (χ4v) is 4.85. The molecule has 36 heavy (non-hydrogen) atoms. The number of quaternary nitrogens is 1. The van der Waals surface area contributed by atoms with Crippen LogP contribution in [0, 0.1) is 6.92 Å². The molecule has 1 atom stereocenters. The third-order valence-electron chi connectivity index (χ3n) is 6.87. The second-order valence-electron chi connectivity index (χ2n) is 8.89. The summed E-state index contributed by atoms with van der Waals surface area (Å²) in [6.07, 6.45) is 0. The van der Waals surface area contributed by atoms with E-state index in [1.54, 1.807) is 50.6 Å². The molecule has 2 saturated heterocycles. The summed E-state index contributed by atoms with van der Waals surface area (Å²) in [4.78, 5) is 29.6. The van der Waals surface area contributed by atoms with E-state index in [1.807, 2.05) is 6.92 Å². The molecule has 2 aliphatic heterocycles. The fourth-order valence-electron chi connectivity index (χ4n) is 4.85. The lowest BCUT2D eigenvalue weighted by atomic mass is 9.93. The van der Waals surface area contributed by atoms with Crippen molar-refractivity contribution in [3.05, 3.63) is 58.7 Å². The van der Waals surface area contributed by atoms with Crippen molar-refractivity contribution in [2.45, 2.75) is 13.0 Å². The molecule has 2 fully saturated rings. The Kier molecular flexibility index (Phi) is 7.81. The highest BCUT2D eigenvalue weighted by molar-refractivity contribution is 6.46. The molecule has 2 heterocycles. The number of methoxy groups -OCH3 is 3. The predicted molar refractivity (Wildman–Crippen MR) is 133 cm³/mol. The van der Waals surface area contributed by atoms with E-state index in [0.29, 0.717) is 60.2 Å². The van der Waals surface area contributed by atoms with Gasteiger partial charge in [-0.3, -0.25) is 9.59 Å². The molecule has 0 aliphatic carbocycles. The molecular formula is C27H33N2O7+. The minimum Gasteiger partial charge on any atom is -0.507 e. The zero-order valence-electron chi connectivity index (χ0n) is 21.1. The minimum atomic E-state index is -0.836. The molecule has 0 bridgehead atoms. The van der Waals surface area contributed by atoms with Gasteiger partial charge in [-0.2, -0.15) is 0 Å². The highest BCUT2D eigenvalue weighted by Crippen LogP contribution is 2.44. The van der Waals surface area contributed by atoms with Gasteiger partial charge in [-0.05, 0) is 48.9 Å². The molecule has 0 saturated carbocycles. The number of morpholine rings is 1. The third-order valence-corrected chi connectivity index (χ3v) is 6.87. The number of Topliss-reactive ketones (excluding diaryl/α,β-unsaturated/α-hetero) is 1. The smallest absolute Gasteiger partial charge is 0.295 e. The van der Waals surface area contributed by atoms with Crippen LogP contribution < -0.4 is 19.1 Å². The quantitative estimate of drug-likeness (QED) is 0.323. The summed E-state index contributed by atoms with van der Waals surface area (Å²) in [5.74, 6) is 0.0630. The lowest BCUT2D eigenvalue weighted by Crippen LogP contribution is -3.14. The van der Waals surface area contributed by atoms with Crippen molar-refractivity contribution in [1.29, 1.82) is 0 Å². The number of rotatable bonds is 8. The topological polar surface area (TPSA) is 99.0 Å². The summed E-state index contributed by atoms with van der Waals surface area (Å²) in [6, 6.07) is 9.57. The Bertz CT molecular complexity index is 1170. The Hall–Kier alpha value is -3.56. The van der Waals surface area contributed by atoms with Crippen LogP contribution in [0.25, 0.3) is 5.76 Å². The van der Waals surface area contributed by atoms with Crippen molar-refractivity contribution in [2.24, 2.45) is 0 Å². The minimum absolute atomic E-state index is 0.0248.